The van der Waals surface area contributed by atoms with Crippen molar-refractivity contribution in [1.29, 1.82) is 26.3 Å². The van der Waals surface area contributed by atoms with Crippen molar-refractivity contribution in [2.45, 2.75) is 106 Å². The lowest BCUT2D eigenvalue weighted by Crippen LogP contribution is -2.29. The van der Waals surface area contributed by atoms with E-state index in [1.807, 2.05) is 37.8 Å². The first-order valence-corrected chi connectivity index (χ1v) is 33.0. The molecule has 3 aromatic rings. The number of nitrogens with one attached hydrogen (secondary N) is 1. The number of rotatable bonds is 3. The number of anilines is 3. The number of carbonyl (C=O) groups excluding carboxylic acids is 5. The number of ketones is 1. The van der Waals surface area contributed by atoms with Crippen LogP contribution in [0.15, 0.2) is 13.0 Å². The van der Waals surface area contributed by atoms with Crippen LogP contribution in [0.5, 0.6) is 0 Å². The van der Waals surface area contributed by atoms with Crippen LogP contribution in [0.4, 0.5) is 29.8 Å². The maximum absolute atomic E-state index is 11.4. The summed E-state index contributed by atoms with van der Waals surface area (Å²) in [5.74, 6) is -0.435. The second-order valence-corrected chi connectivity index (χ2v) is 28.1. The van der Waals surface area contributed by atoms with Crippen LogP contribution < -0.4 is 28.3 Å². The standard InChI is InChI=1S/C10H18O5.C9H10BrN3O2S.C4H2BrN3S.C4H3N3S.C4H9NSi.C3H2BrNO.C2H2Br2O.CH4N2S.CH4.Br2/c1-9(2,3)14-7(11)13-8(12)15-10(4,5)6;1-9(2,3)15-8(14)13-7-12-5(4-11)6(10)16-7;5-3-2(1-6)8-4(7)9-3;5-1-3-2-8-4(6)7-3;1-6(2,3)4-5;4-1-3(6)2-5;3-1-2(4)5;2-1(3)4;;1-2/h1-6H3;1-3H3,(H,12,13,14);(H2,7,8);2H,(H2,6,7);1-3H3;1H2;1H2;(H4,2,3,4);1H4;. The highest BCUT2D eigenvalue weighted by molar-refractivity contribution is 9.93. The number of nitrogen functional groups attached to an aromatic ring is 2. The van der Waals surface area contributed by atoms with Crippen LogP contribution in [0.1, 0.15) is 86.8 Å². The molecule has 0 fully saturated rings. The summed E-state index contributed by atoms with van der Waals surface area (Å²) in [6.45, 7) is 21.4. The second kappa shape index (κ2) is 45.0. The molecule has 0 bridgehead atoms. The number of halogens is 7. The Labute approximate surface area is 495 Å². The molecule has 0 aliphatic carbocycles. The molecule has 3 heterocycles. The van der Waals surface area contributed by atoms with E-state index in [9.17, 15) is 24.0 Å². The first-order valence-electron chi connectivity index (χ1n) is 18.2. The van der Waals surface area contributed by atoms with Crippen molar-refractivity contribution in [3.05, 3.63) is 30.0 Å². The number of carbonyl (C=O) groups is 5. The fraction of sp³-hybridized carbons (Fsp3) is 0.474. The Bertz CT molecular complexity index is 2300. The number of nitriles is 5. The largest absolute Gasteiger partial charge is 0.519 e. The van der Waals surface area contributed by atoms with Gasteiger partial charge in [-0.3, -0.25) is 14.9 Å². The van der Waals surface area contributed by atoms with Gasteiger partial charge < -0.3 is 41.9 Å². The van der Waals surface area contributed by atoms with E-state index in [-0.39, 0.29) is 28.3 Å². The third-order valence-corrected chi connectivity index (χ3v) is 10.8. The molecule has 22 nitrogen and oxygen atoms in total. The minimum atomic E-state index is -1.33. The van der Waals surface area contributed by atoms with E-state index in [4.69, 9.17) is 52.0 Å². The van der Waals surface area contributed by atoms with Crippen LogP contribution in [0.3, 0.4) is 0 Å². The number of thiazole rings is 3. The second-order valence-electron chi connectivity index (χ2n) is 15.3. The predicted octanol–water partition coefficient (Wildman–Crippen LogP) is 12.6. The molecule has 0 radical (unpaired) electrons. The van der Waals surface area contributed by atoms with E-state index >= 15 is 0 Å². The third kappa shape index (κ3) is 62.7. The number of Topliss-reactive ketones (excluding diaryl/α,β-unsaturated/α-hetero) is 1. The van der Waals surface area contributed by atoms with E-state index in [0.29, 0.717) is 39.7 Å². The van der Waals surface area contributed by atoms with Crippen LogP contribution in [0.2, 0.25) is 19.6 Å². The van der Waals surface area contributed by atoms with E-state index < -0.39 is 49.1 Å². The molecule has 0 saturated heterocycles. The van der Waals surface area contributed by atoms with E-state index in [2.05, 4.69) is 162 Å². The summed E-state index contributed by atoms with van der Waals surface area (Å²) in [4.78, 5) is 64.1. The van der Waals surface area contributed by atoms with Crippen molar-refractivity contribution in [3.63, 3.8) is 0 Å². The van der Waals surface area contributed by atoms with Gasteiger partial charge in [0.05, 0.1) is 10.7 Å². The number of aromatic nitrogens is 3. The highest BCUT2D eigenvalue weighted by atomic mass is 80.9. The van der Waals surface area contributed by atoms with Crippen LogP contribution in [0.25, 0.3) is 0 Å². The monoisotopic (exact) mass is 1540 g/mol. The van der Waals surface area contributed by atoms with Crippen molar-refractivity contribution in [1.82, 2.24) is 15.0 Å². The predicted molar refractivity (Wildman–Crippen MR) is 315 cm³/mol. The number of thiocarbonyl (C=S) groups is 1. The van der Waals surface area contributed by atoms with Gasteiger partial charge in [-0.2, -0.15) is 21.0 Å². The summed E-state index contributed by atoms with van der Waals surface area (Å²) in [5.41, 5.74) is 21.0. The molecule has 3 rings (SSSR count). The zero-order valence-corrected chi connectivity index (χ0v) is 55.2. The Hall–Kier alpha value is -3.44. The Kier molecular flexibility index (Phi) is 51.6. The molecule has 0 spiro atoms. The molecule has 34 heteroatoms. The normalized spacial score (nSPS) is 9.25. The first-order chi connectivity index (χ1) is 32.2. The number of alkyl halides is 2. The number of hydrogen-bond donors (Lipinski definition) is 5. The fourth-order valence-corrected chi connectivity index (χ4v) is 5.24. The average molecular weight is 1550 g/mol. The van der Waals surface area contributed by atoms with Crippen LogP contribution in [-0.4, -0.2) is 84.5 Å². The summed E-state index contributed by atoms with van der Waals surface area (Å²) in [6, 6.07) is 7.08. The lowest BCUT2D eigenvalue weighted by molar-refractivity contribution is -0.111. The fourth-order valence-electron chi connectivity index (χ4n) is 2.18. The van der Waals surface area contributed by atoms with Gasteiger partial charge in [0.2, 0.25) is 10.5 Å². The Morgan fingerprint density at radius 2 is 1.10 bits per heavy atom. The molecule has 0 aromatic carbocycles. The van der Waals surface area contributed by atoms with Gasteiger partial charge in [-0.25, -0.2) is 34.6 Å². The molecule has 0 atom stereocenters. The summed E-state index contributed by atoms with van der Waals surface area (Å²) in [6.07, 6.45) is -2.70. The topological polar surface area (TPSA) is 396 Å². The van der Waals surface area contributed by atoms with Crippen molar-refractivity contribution < 1.29 is 42.9 Å². The average Bonchev–Trinajstić information content (AvgIpc) is 3.92. The van der Waals surface area contributed by atoms with Crippen LogP contribution in [0, 0.1) is 56.3 Å². The minimum Gasteiger partial charge on any atom is -0.444 e. The maximum Gasteiger partial charge on any atom is 0.519 e. The van der Waals surface area contributed by atoms with Crippen molar-refractivity contribution in [2.24, 2.45) is 11.5 Å². The van der Waals surface area contributed by atoms with Gasteiger partial charge in [-0.1, -0.05) is 81.6 Å². The van der Waals surface area contributed by atoms with E-state index in [1.165, 1.54) is 28.7 Å². The van der Waals surface area contributed by atoms with Gasteiger partial charge in [0.1, 0.15) is 48.7 Å². The Morgan fingerprint density at radius 3 is 1.29 bits per heavy atom. The highest BCUT2D eigenvalue weighted by Crippen LogP contribution is 2.28. The minimum absolute atomic E-state index is 0. The van der Waals surface area contributed by atoms with Crippen molar-refractivity contribution in [3.8, 4) is 30.0 Å². The lowest BCUT2D eigenvalue weighted by Gasteiger charge is -2.20. The van der Waals surface area contributed by atoms with Gasteiger partial charge >= 0.3 is 18.4 Å². The Balaban J connectivity index is -0.000000139. The molecule has 0 aliphatic heterocycles. The van der Waals surface area contributed by atoms with Gasteiger partial charge in [-0.15, -0.1) is 11.3 Å². The summed E-state index contributed by atoms with van der Waals surface area (Å²) in [7, 11) is -1.33. The van der Waals surface area contributed by atoms with Gasteiger partial charge in [0.25, 0.3) is 0 Å². The summed E-state index contributed by atoms with van der Waals surface area (Å²) < 4.78 is 20.1. The van der Waals surface area contributed by atoms with Crippen LogP contribution >= 0.6 is 154 Å². The number of amides is 1. The van der Waals surface area contributed by atoms with E-state index in [0.717, 1.165) is 11.3 Å². The SMILES string of the molecule is BrBr.C.CC(C)(C)OC(=O)Nc1nc(C#N)c(Br)s1.CC(C)(C)OC(=O)OC(=O)OC(C)(C)C.C[Si](C)(C)C#N.N#CC(=O)CBr.N#Cc1csc(N)n1.N#Cc1nc(N)sc1Br.NC(N)=S.O=C(Br)CBr. The Morgan fingerprint density at radius 1 is 0.722 bits per heavy atom. The summed E-state index contributed by atoms with van der Waals surface area (Å²) >= 11 is 28.0. The molecule has 402 valence electrons. The smallest absolute Gasteiger partial charge is 0.444 e. The zero-order chi connectivity index (χ0) is 57.5. The third-order valence-electron chi connectivity index (χ3n) is 4.28. The van der Waals surface area contributed by atoms with Gasteiger partial charge in [-0.05, 0) is 122 Å². The molecule has 0 saturated carbocycles. The lowest BCUT2D eigenvalue weighted by atomic mass is 10.2. The molecule has 0 unspecified atom stereocenters. The molecule has 3 aromatic heterocycles. The maximum atomic E-state index is 11.4. The molecule has 9 N–H and O–H groups in total. The highest BCUT2D eigenvalue weighted by Gasteiger charge is 2.24. The number of hydrogen-bond acceptors (Lipinski definition) is 23. The number of nitrogens with two attached hydrogens (primary N) is 4. The van der Waals surface area contributed by atoms with Crippen LogP contribution in [-0.2, 0) is 28.5 Å². The number of nitrogens with zero attached hydrogens (tertiary/aromatic N) is 8. The molecular weight excluding hydrogens is 1500 g/mol. The number of ether oxygens (including phenoxy) is 4. The molecular formula is C38H54Br7N13O9S4Si. The van der Waals surface area contributed by atoms with Gasteiger partial charge in [0, 0.05) is 39.3 Å². The van der Waals surface area contributed by atoms with Gasteiger partial charge in [0.15, 0.2) is 45.7 Å². The van der Waals surface area contributed by atoms with E-state index in [1.54, 1.807) is 67.7 Å². The quantitative estimate of drug-likeness (QED) is 0.0238. The summed E-state index contributed by atoms with van der Waals surface area (Å²) in [5, 5.41) is 46.9. The van der Waals surface area contributed by atoms with Crippen molar-refractivity contribution in [2.75, 3.05) is 27.4 Å². The first kappa shape index (κ1) is 82.6. The molecule has 0 aliphatic rings. The van der Waals surface area contributed by atoms with Crippen molar-refractivity contribution >= 4 is 212 Å². The zero-order valence-electron chi connectivity index (χ0n) is 39.8. The molecule has 1 amide bonds. The molecule has 72 heavy (non-hydrogen) atoms.